The van der Waals surface area contributed by atoms with E-state index in [0.29, 0.717) is 0 Å². The molecule has 2 aromatic carbocycles. The van der Waals surface area contributed by atoms with E-state index in [1.807, 2.05) is 19.1 Å². The maximum atomic E-state index is 6.02. The Balaban J connectivity index is 1.61. The predicted octanol–water partition coefficient (Wildman–Crippen LogP) is 2.91. The molecule has 4 heteroatoms. The number of hydrogen-bond donors (Lipinski definition) is 1. The molecule has 1 aliphatic rings. The fourth-order valence-corrected chi connectivity index (χ4v) is 3.08. The number of piperazine rings is 1. The van der Waals surface area contributed by atoms with Gasteiger partial charge in [0.25, 0.3) is 0 Å². The second-order valence-electron chi connectivity index (χ2n) is 6.13. The van der Waals surface area contributed by atoms with E-state index in [2.05, 4.69) is 40.1 Å². The lowest BCUT2D eigenvalue weighted by atomic mass is 10.1. The number of rotatable bonds is 4. The predicted molar refractivity (Wildman–Crippen MR) is 96.1 cm³/mol. The monoisotopic (exact) mass is 311 g/mol. The number of nitrogens with zero attached hydrogens (tertiary/aromatic N) is 2. The SMILES string of the molecule is COc1ccccc1N1CCN(Cc2ccc(C)c(N)c2)CC1. The number of para-hydroxylation sites is 2. The van der Waals surface area contributed by atoms with Crippen molar-refractivity contribution >= 4 is 11.4 Å². The van der Waals surface area contributed by atoms with Crippen LogP contribution in [-0.2, 0) is 6.54 Å². The molecule has 0 atom stereocenters. The Morgan fingerprint density at radius 2 is 1.78 bits per heavy atom. The van der Waals surface area contributed by atoms with Crippen LogP contribution >= 0.6 is 0 Å². The molecule has 2 aromatic rings. The van der Waals surface area contributed by atoms with Crippen LogP contribution < -0.4 is 15.4 Å². The fraction of sp³-hybridized carbons (Fsp3) is 0.368. The molecule has 0 bridgehead atoms. The first-order valence-corrected chi connectivity index (χ1v) is 8.12. The highest BCUT2D eigenvalue weighted by Crippen LogP contribution is 2.28. The highest BCUT2D eigenvalue weighted by molar-refractivity contribution is 5.58. The summed E-state index contributed by atoms with van der Waals surface area (Å²) in [5.41, 5.74) is 10.5. The van der Waals surface area contributed by atoms with Crippen molar-refractivity contribution in [2.75, 3.05) is 43.9 Å². The number of aryl methyl sites for hydroxylation is 1. The van der Waals surface area contributed by atoms with Crippen molar-refractivity contribution in [1.82, 2.24) is 4.90 Å². The maximum Gasteiger partial charge on any atom is 0.142 e. The molecule has 1 aliphatic heterocycles. The van der Waals surface area contributed by atoms with Crippen LogP contribution in [0.25, 0.3) is 0 Å². The Hall–Kier alpha value is -2.20. The highest BCUT2D eigenvalue weighted by atomic mass is 16.5. The lowest BCUT2D eigenvalue weighted by Gasteiger charge is -2.36. The molecule has 0 aliphatic carbocycles. The van der Waals surface area contributed by atoms with E-state index in [1.54, 1.807) is 7.11 Å². The summed E-state index contributed by atoms with van der Waals surface area (Å²) in [5, 5.41) is 0. The molecule has 3 rings (SSSR count). The van der Waals surface area contributed by atoms with Crippen LogP contribution in [0.15, 0.2) is 42.5 Å². The van der Waals surface area contributed by atoms with Crippen molar-refractivity contribution in [2.45, 2.75) is 13.5 Å². The summed E-state index contributed by atoms with van der Waals surface area (Å²) in [5.74, 6) is 0.951. The standard InChI is InChI=1S/C19H25N3O/c1-15-7-8-16(13-17(15)20)14-21-9-11-22(12-10-21)18-5-3-4-6-19(18)23-2/h3-8,13H,9-12,14,20H2,1-2H3. The summed E-state index contributed by atoms with van der Waals surface area (Å²) < 4.78 is 5.48. The number of nitrogen functional groups attached to an aromatic ring is 1. The molecule has 0 amide bonds. The minimum absolute atomic E-state index is 0.884. The van der Waals surface area contributed by atoms with Crippen molar-refractivity contribution in [1.29, 1.82) is 0 Å². The van der Waals surface area contributed by atoms with Crippen molar-refractivity contribution in [3.63, 3.8) is 0 Å². The Kier molecular flexibility index (Phi) is 4.72. The van der Waals surface area contributed by atoms with Crippen LogP contribution in [-0.4, -0.2) is 38.2 Å². The number of benzene rings is 2. The first-order valence-electron chi connectivity index (χ1n) is 8.12. The lowest BCUT2D eigenvalue weighted by molar-refractivity contribution is 0.249. The first-order chi connectivity index (χ1) is 11.2. The largest absolute Gasteiger partial charge is 0.495 e. The van der Waals surface area contributed by atoms with E-state index >= 15 is 0 Å². The normalized spacial score (nSPS) is 15.7. The number of ether oxygens (including phenoxy) is 1. The number of hydrogen-bond acceptors (Lipinski definition) is 4. The fourth-order valence-electron chi connectivity index (χ4n) is 3.08. The van der Waals surface area contributed by atoms with Gasteiger partial charge in [0, 0.05) is 38.4 Å². The third-order valence-corrected chi connectivity index (χ3v) is 4.55. The molecule has 0 saturated carbocycles. The zero-order valence-corrected chi connectivity index (χ0v) is 14.0. The van der Waals surface area contributed by atoms with Gasteiger partial charge in [-0.15, -0.1) is 0 Å². The maximum absolute atomic E-state index is 6.02. The van der Waals surface area contributed by atoms with E-state index in [9.17, 15) is 0 Å². The van der Waals surface area contributed by atoms with Gasteiger partial charge in [-0.25, -0.2) is 0 Å². The van der Waals surface area contributed by atoms with E-state index in [4.69, 9.17) is 10.5 Å². The molecule has 0 unspecified atom stereocenters. The molecule has 122 valence electrons. The topological polar surface area (TPSA) is 41.7 Å². The van der Waals surface area contributed by atoms with E-state index in [1.165, 1.54) is 11.3 Å². The molecular formula is C19H25N3O. The third-order valence-electron chi connectivity index (χ3n) is 4.55. The van der Waals surface area contributed by atoms with Gasteiger partial charge in [0.2, 0.25) is 0 Å². The van der Waals surface area contributed by atoms with E-state index in [-0.39, 0.29) is 0 Å². The molecule has 4 nitrogen and oxygen atoms in total. The number of anilines is 2. The third kappa shape index (κ3) is 3.59. The summed E-state index contributed by atoms with van der Waals surface area (Å²) in [6.45, 7) is 7.14. The highest BCUT2D eigenvalue weighted by Gasteiger charge is 2.19. The number of methoxy groups -OCH3 is 1. The Bertz CT molecular complexity index is 663. The van der Waals surface area contributed by atoms with E-state index < -0.39 is 0 Å². The Morgan fingerprint density at radius 3 is 2.48 bits per heavy atom. The van der Waals surface area contributed by atoms with Crippen LogP contribution in [0.4, 0.5) is 11.4 Å². The Morgan fingerprint density at radius 1 is 1.04 bits per heavy atom. The molecule has 2 N–H and O–H groups in total. The molecule has 1 heterocycles. The summed E-state index contributed by atoms with van der Waals surface area (Å²) in [4.78, 5) is 4.88. The smallest absolute Gasteiger partial charge is 0.142 e. The van der Waals surface area contributed by atoms with Gasteiger partial charge in [0.15, 0.2) is 0 Å². The van der Waals surface area contributed by atoms with Crippen molar-refractivity contribution in [3.8, 4) is 5.75 Å². The quantitative estimate of drug-likeness (QED) is 0.882. The molecule has 1 fully saturated rings. The second-order valence-corrected chi connectivity index (χ2v) is 6.13. The average Bonchev–Trinajstić information content (AvgIpc) is 2.59. The number of nitrogens with two attached hydrogens (primary N) is 1. The van der Waals surface area contributed by atoms with Crippen LogP contribution in [0.5, 0.6) is 5.75 Å². The van der Waals surface area contributed by atoms with Crippen LogP contribution in [0.2, 0.25) is 0 Å². The van der Waals surface area contributed by atoms with Gasteiger partial charge in [0.1, 0.15) is 5.75 Å². The van der Waals surface area contributed by atoms with Crippen molar-refractivity contribution in [2.24, 2.45) is 0 Å². The summed E-state index contributed by atoms with van der Waals surface area (Å²) in [7, 11) is 1.73. The second kappa shape index (κ2) is 6.92. The van der Waals surface area contributed by atoms with Gasteiger partial charge < -0.3 is 15.4 Å². The zero-order valence-electron chi connectivity index (χ0n) is 14.0. The summed E-state index contributed by atoms with van der Waals surface area (Å²) >= 11 is 0. The molecular weight excluding hydrogens is 286 g/mol. The van der Waals surface area contributed by atoms with Gasteiger partial charge in [-0.1, -0.05) is 24.3 Å². The first kappa shape index (κ1) is 15.7. The van der Waals surface area contributed by atoms with Gasteiger partial charge in [-0.2, -0.15) is 0 Å². The Labute approximate surface area is 138 Å². The van der Waals surface area contributed by atoms with Crippen LogP contribution in [0, 0.1) is 6.92 Å². The summed E-state index contributed by atoms with van der Waals surface area (Å²) in [6, 6.07) is 14.6. The molecule has 0 aromatic heterocycles. The van der Waals surface area contributed by atoms with E-state index in [0.717, 1.165) is 49.7 Å². The molecule has 0 spiro atoms. The van der Waals surface area contributed by atoms with Gasteiger partial charge >= 0.3 is 0 Å². The van der Waals surface area contributed by atoms with Crippen LogP contribution in [0.1, 0.15) is 11.1 Å². The van der Waals surface area contributed by atoms with Crippen molar-refractivity contribution < 1.29 is 4.74 Å². The van der Waals surface area contributed by atoms with Crippen LogP contribution in [0.3, 0.4) is 0 Å². The zero-order chi connectivity index (χ0) is 16.2. The van der Waals surface area contributed by atoms with Gasteiger partial charge in [0.05, 0.1) is 12.8 Å². The summed E-state index contributed by atoms with van der Waals surface area (Å²) in [6.07, 6.45) is 0. The molecule has 0 radical (unpaired) electrons. The minimum Gasteiger partial charge on any atom is -0.495 e. The lowest BCUT2D eigenvalue weighted by Crippen LogP contribution is -2.46. The van der Waals surface area contributed by atoms with Gasteiger partial charge in [-0.3, -0.25) is 4.90 Å². The minimum atomic E-state index is 0.884. The van der Waals surface area contributed by atoms with Crippen molar-refractivity contribution in [3.05, 3.63) is 53.6 Å². The molecule has 1 saturated heterocycles. The molecule has 23 heavy (non-hydrogen) atoms. The average molecular weight is 311 g/mol. The van der Waals surface area contributed by atoms with Gasteiger partial charge in [-0.05, 0) is 36.2 Å².